The Balaban J connectivity index is 2.21. The van der Waals surface area contributed by atoms with Gasteiger partial charge in [-0.15, -0.1) is 0 Å². The lowest BCUT2D eigenvalue weighted by molar-refractivity contribution is -0.384. The van der Waals surface area contributed by atoms with Crippen LogP contribution in [-0.4, -0.2) is 32.4 Å². The molecular formula is C20H21NO6. The molecule has 0 atom stereocenters. The van der Waals surface area contributed by atoms with Crippen LogP contribution in [0, 0.1) is 10.1 Å². The molecule has 0 N–H and O–H groups in total. The first-order valence-corrected chi connectivity index (χ1v) is 8.13. The number of nitrogens with zero attached hydrogens (tertiary/aromatic N) is 1. The largest absolute Gasteiger partial charge is 0.498 e. The van der Waals surface area contributed by atoms with E-state index < -0.39 is 4.92 Å². The summed E-state index contributed by atoms with van der Waals surface area (Å²) in [5.41, 5.74) is 1.72. The van der Waals surface area contributed by atoms with Crippen molar-refractivity contribution in [3.63, 3.8) is 0 Å². The molecule has 0 saturated carbocycles. The zero-order valence-corrected chi connectivity index (χ0v) is 15.2. The predicted octanol–water partition coefficient (Wildman–Crippen LogP) is 4.32. The van der Waals surface area contributed by atoms with Crippen LogP contribution in [0.2, 0.25) is 0 Å². The molecular weight excluding hydrogens is 350 g/mol. The first kappa shape index (κ1) is 19.8. The van der Waals surface area contributed by atoms with Crippen molar-refractivity contribution in [2.24, 2.45) is 0 Å². The molecule has 0 heterocycles. The number of ether oxygens (including phenoxy) is 4. The van der Waals surface area contributed by atoms with Crippen LogP contribution in [0.15, 0.2) is 49.2 Å². The standard InChI is InChI=1S/C20H21NO6/c1-4-26-11-12-27-20-18(24-2)13-16(14-19(20)25-3)6-5-15-7-9-17(10-8-15)21(22)23/h4-10,13-14H,1,11-12H2,2-3H3. The third kappa shape index (κ3) is 5.50. The molecule has 0 unspecified atom stereocenters. The van der Waals surface area contributed by atoms with Crippen LogP contribution in [0.5, 0.6) is 17.2 Å². The molecule has 7 nitrogen and oxygen atoms in total. The van der Waals surface area contributed by atoms with Crippen molar-refractivity contribution in [3.8, 4) is 17.2 Å². The van der Waals surface area contributed by atoms with Crippen molar-refractivity contribution in [2.45, 2.75) is 0 Å². The fourth-order valence-corrected chi connectivity index (χ4v) is 2.31. The lowest BCUT2D eigenvalue weighted by Crippen LogP contribution is -2.06. The van der Waals surface area contributed by atoms with Gasteiger partial charge in [0.15, 0.2) is 11.5 Å². The minimum absolute atomic E-state index is 0.0532. The van der Waals surface area contributed by atoms with E-state index in [0.717, 1.165) is 11.1 Å². The Bertz CT molecular complexity index is 789. The van der Waals surface area contributed by atoms with Gasteiger partial charge in [0, 0.05) is 12.1 Å². The number of non-ortho nitro benzene ring substituents is 1. The summed E-state index contributed by atoms with van der Waals surface area (Å²) in [5.74, 6) is 1.53. The van der Waals surface area contributed by atoms with Crippen molar-refractivity contribution in [1.29, 1.82) is 0 Å². The lowest BCUT2D eigenvalue weighted by Gasteiger charge is -2.15. The predicted molar refractivity (Wildman–Crippen MR) is 103 cm³/mol. The summed E-state index contributed by atoms with van der Waals surface area (Å²) in [7, 11) is 3.09. The van der Waals surface area contributed by atoms with Crippen LogP contribution in [0.1, 0.15) is 11.1 Å². The minimum Gasteiger partial charge on any atom is -0.498 e. The Hall–Kier alpha value is -3.48. The highest BCUT2D eigenvalue weighted by molar-refractivity contribution is 5.73. The normalized spacial score (nSPS) is 10.4. The maximum atomic E-state index is 10.7. The van der Waals surface area contributed by atoms with Gasteiger partial charge >= 0.3 is 0 Å². The number of hydrogen-bond acceptors (Lipinski definition) is 6. The third-order valence-electron chi connectivity index (χ3n) is 3.62. The molecule has 2 aromatic carbocycles. The SMILES string of the molecule is C=COCCOc1c(OC)cc(C=Cc2ccc([N+](=O)[O-])cc2)cc1OC. The van der Waals surface area contributed by atoms with E-state index in [2.05, 4.69) is 6.58 Å². The second kappa shape index (κ2) is 9.86. The second-order valence-electron chi connectivity index (χ2n) is 5.32. The molecule has 0 aromatic heterocycles. The summed E-state index contributed by atoms with van der Waals surface area (Å²) in [6, 6.07) is 9.91. The molecule has 2 aromatic rings. The number of hydrogen-bond donors (Lipinski definition) is 0. The van der Waals surface area contributed by atoms with Gasteiger partial charge in [-0.2, -0.15) is 0 Å². The fourth-order valence-electron chi connectivity index (χ4n) is 2.31. The van der Waals surface area contributed by atoms with E-state index in [4.69, 9.17) is 18.9 Å². The van der Waals surface area contributed by atoms with Crippen molar-refractivity contribution < 1.29 is 23.9 Å². The highest BCUT2D eigenvalue weighted by atomic mass is 16.6. The van der Waals surface area contributed by atoms with E-state index >= 15 is 0 Å². The van der Waals surface area contributed by atoms with Crippen molar-refractivity contribution in [3.05, 3.63) is 70.5 Å². The Labute approximate surface area is 157 Å². The molecule has 2 rings (SSSR count). The molecule has 7 heteroatoms. The first-order chi connectivity index (χ1) is 13.1. The van der Waals surface area contributed by atoms with Gasteiger partial charge < -0.3 is 18.9 Å². The van der Waals surface area contributed by atoms with Gasteiger partial charge in [-0.3, -0.25) is 10.1 Å². The van der Waals surface area contributed by atoms with Gasteiger partial charge in [0.2, 0.25) is 5.75 Å². The number of nitro groups is 1. The lowest BCUT2D eigenvalue weighted by atomic mass is 10.1. The third-order valence-corrected chi connectivity index (χ3v) is 3.62. The van der Waals surface area contributed by atoms with Crippen molar-refractivity contribution >= 4 is 17.8 Å². The minimum atomic E-state index is -0.429. The fraction of sp³-hybridized carbons (Fsp3) is 0.200. The zero-order chi connectivity index (χ0) is 19.6. The zero-order valence-electron chi connectivity index (χ0n) is 15.2. The molecule has 142 valence electrons. The van der Waals surface area contributed by atoms with Gasteiger partial charge in [0.1, 0.15) is 13.2 Å². The summed E-state index contributed by atoms with van der Waals surface area (Å²) in [6.45, 7) is 4.15. The van der Waals surface area contributed by atoms with Crippen LogP contribution >= 0.6 is 0 Å². The molecule has 0 aliphatic heterocycles. The monoisotopic (exact) mass is 371 g/mol. The smallest absolute Gasteiger partial charge is 0.269 e. The quantitative estimate of drug-likeness (QED) is 0.203. The summed E-state index contributed by atoms with van der Waals surface area (Å²) in [5, 5.41) is 10.7. The van der Waals surface area contributed by atoms with E-state index in [1.807, 2.05) is 24.3 Å². The maximum Gasteiger partial charge on any atom is 0.269 e. The first-order valence-electron chi connectivity index (χ1n) is 8.13. The van der Waals surface area contributed by atoms with Gasteiger partial charge in [0.05, 0.1) is 25.4 Å². The number of nitro benzene ring substituents is 1. The van der Waals surface area contributed by atoms with Crippen LogP contribution in [-0.2, 0) is 4.74 Å². The van der Waals surface area contributed by atoms with E-state index in [1.165, 1.54) is 18.4 Å². The molecule has 0 amide bonds. The van der Waals surface area contributed by atoms with Crippen LogP contribution in [0.4, 0.5) is 5.69 Å². The summed E-state index contributed by atoms with van der Waals surface area (Å²) >= 11 is 0. The van der Waals surface area contributed by atoms with E-state index in [0.29, 0.717) is 30.5 Å². The van der Waals surface area contributed by atoms with Crippen LogP contribution in [0.3, 0.4) is 0 Å². The van der Waals surface area contributed by atoms with E-state index in [1.54, 1.807) is 26.4 Å². The van der Waals surface area contributed by atoms with Crippen molar-refractivity contribution in [2.75, 3.05) is 27.4 Å². The average molecular weight is 371 g/mol. The van der Waals surface area contributed by atoms with E-state index in [-0.39, 0.29) is 5.69 Å². The van der Waals surface area contributed by atoms with Gasteiger partial charge in [-0.05, 0) is 35.4 Å². The topological polar surface area (TPSA) is 80.1 Å². The van der Waals surface area contributed by atoms with Crippen molar-refractivity contribution in [1.82, 2.24) is 0 Å². The summed E-state index contributed by atoms with van der Waals surface area (Å²) in [6.07, 6.45) is 5.05. The number of rotatable bonds is 10. The summed E-state index contributed by atoms with van der Waals surface area (Å²) in [4.78, 5) is 10.3. The Morgan fingerprint density at radius 2 is 1.59 bits per heavy atom. The molecule has 27 heavy (non-hydrogen) atoms. The van der Waals surface area contributed by atoms with Crippen LogP contribution < -0.4 is 14.2 Å². The van der Waals surface area contributed by atoms with E-state index in [9.17, 15) is 10.1 Å². The summed E-state index contributed by atoms with van der Waals surface area (Å²) < 4.78 is 21.5. The maximum absolute atomic E-state index is 10.7. The second-order valence-corrected chi connectivity index (χ2v) is 5.32. The number of benzene rings is 2. The Kier molecular flexibility index (Phi) is 7.25. The van der Waals surface area contributed by atoms with Gasteiger partial charge in [-0.1, -0.05) is 18.7 Å². The highest BCUT2D eigenvalue weighted by Gasteiger charge is 2.13. The molecule has 0 radical (unpaired) electrons. The van der Waals surface area contributed by atoms with Gasteiger partial charge in [-0.25, -0.2) is 0 Å². The molecule has 0 saturated heterocycles. The average Bonchev–Trinajstić information content (AvgIpc) is 2.69. The molecule has 0 fully saturated rings. The van der Waals surface area contributed by atoms with Gasteiger partial charge in [0.25, 0.3) is 5.69 Å². The Morgan fingerprint density at radius 1 is 1.00 bits per heavy atom. The van der Waals surface area contributed by atoms with Crippen LogP contribution in [0.25, 0.3) is 12.2 Å². The molecule has 0 spiro atoms. The molecule has 0 bridgehead atoms. The molecule has 0 aliphatic carbocycles. The molecule has 0 aliphatic rings. The number of methoxy groups -OCH3 is 2. The Morgan fingerprint density at radius 3 is 2.11 bits per heavy atom. The highest BCUT2D eigenvalue weighted by Crippen LogP contribution is 2.39.